The molecule has 1 unspecified atom stereocenters. The van der Waals surface area contributed by atoms with E-state index in [0.717, 1.165) is 23.8 Å². The summed E-state index contributed by atoms with van der Waals surface area (Å²) in [4.78, 5) is 17.6. The molecule has 0 aromatic carbocycles. The van der Waals surface area contributed by atoms with Crippen molar-refractivity contribution in [1.82, 2.24) is 9.88 Å². The van der Waals surface area contributed by atoms with Crippen LogP contribution in [0.2, 0.25) is 0 Å². The standard InChI is InChI=1S/C14H16N2O3S2/c17-13(18)5-12-7-16(2-3-19-12)6-11-9-21-14(15-11)10-1-4-20-8-10/h1,4,8-9,12H,2-3,5-7H2,(H,17,18). The molecular weight excluding hydrogens is 308 g/mol. The highest BCUT2D eigenvalue weighted by molar-refractivity contribution is 7.14. The maximum atomic E-state index is 10.8. The van der Waals surface area contributed by atoms with Gasteiger partial charge >= 0.3 is 5.97 Å². The van der Waals surface area contributed by atoms with Crippen molar-refractivity contribution < 1.29 is 14.6 Å². The lowest BCUT2D eigenvalue weighted by molar-refractivity contribution is -0.142. The summed E-state index contributed by atoms with van der Waals surface area (Å²) in [5.41, 5.74) is 2.21. The third kappa shape index (κ3) is 3.88. The Morgan fingerprint density at radius 3 is 3.19 bits per heavy atom. The number of thiophene rings is 1. The van der Waals surface area contributed by atoms with E-state index in [4.69, 9.17) is 9.84 Å². The molecule has 0 spiro atoms. The second-order valence-corrected chi connectivity index (χ2v) is 6.62. The van der Waals surface area contributed by atoms with Gasteiger partial charge in [0.25, 0.3) is 0 Å². The Hall–Kier alpha value is -1.28. The topological polar surface area (TPSA) is 62.7 Å². The van der Waals surface area contributed by atoms with Crippen molar-refractivity contribution >= 4 is 28.6 Å². The van der Waals surface area contributed by atoms with E-state index in [1.165, 1.54) is 5.56 Å². The van der Waals surface area contributed by atoms with Crippen LogP contribution in [0.1, 0.15) is 12.1 Å². The molecule has 1 atom stereocenters. The third-order valence-electron chi connectivity index (χ3n) is 3.33. The van der Waals surface area contributed by atoms with Gasteiger partial charge in [0.2, 0.25) is 0 Å². The van der Waals surface area contributed by atoms with Gasteiger partial charge in [-0.05, 0) is 11.4 Å². The average molecular weight is 324 g/mol. The molecule has 3 rings (SSSR count). The summed E-state index contributed by atoms with van der Waals surface area (Å²) < 4.78 is 5.48. The Morgan fingerprint density at radius 1 is 1.52 bits per heavy atom. The molecule has 3 heterocycles. The summed E-state index contributed by atoms with van der Waals surface area (Å²) in [7, 11) is 0. The van der Waals surface area contributed by atoms with Crippen molar-refractivity contribution in [3.05, 3.63) is 27.9 Å². The number of nitrogens with zero attached hydrogens (tertiary/aromatic N) is 2. The Morgan fingerprint density at radius 2 is 2.43 bits per heavy atom. The zero-order valence-corrected chi connectivity index (χ0v) is 13.0. The van der Waals surface area contributed by atoms with Gasteiger partial charge in [-0.1, -0.05) is 0 Å². The number of morpholine rings is 1. The van der Waals surface area contributed by atoms with Gasteiger partial charge in [-0.25, -0.2) is 4.98 Å². The van der Waals surface area contributed by atoms with Crippen LogP contribution in [0.5, 0.6) is 0 Å². The maximum absolute atomic E-state index is 10.8. The minimum atomic E-state index is -0.810. The SMILES string of the molecule is O=C(O)CC1CN(Cc2csc(-c3ccsc3)n2)CCO1. The quantitative estimate of drug-likeness (QED) is 0.916. The number of ether oxygens (including phenoxy) is 1. The lowest BCUT2D eigenvalue weighted by Crippen LogP contribution is -2.42. The number of thiazole rings is 1. The van der Waals surface area contributed by atoms with Crippen LogP contribution in [0.3, 0.4) is 0 Å². The predicted octanol–water partition coefficient (Wildman–Crippen LogP) is 2.55. The zero-order chi connectivity index (χ0) is 14.7. The van der Waals surface area contributed by atoms with E-state index >= 15 is 0 Å². The van der Waals surface area contributed by atoms with E-state index in [-0.39, 0.29) is 12.5 Å². The number of rotatable bonds is 5. The first-order chi connectivity index (χ1) is 10.2. The summed E-state index contributed by atoms with van der Waals surface area (Å²) in [5, 5.41) is 16.1. The molecule has 0 radical (unpaired) electrons. The van der Waals surface area contributed by atoms with Gasteiger partial charge in [0.15, 0.2) is 0 Å². The number of carbonyl (C=O) groups is 1. The number of hydrogen-bond acceptors (Lipinski definition) is 6. The normalized spacial score (nSPS) is 19.7. The maximum Gasteiger partial charge on any atom is 0.306 e. The van der Waals surface area contributed by atoms with Crippen LogP contribution in [0.15, 0.2) is 22.2 Å². The van der Waals surface area contributed by atoms with Crippen LogP contribution in [-0.2, 0) is 16.1 Å². The Labute approximate surface area is 130 Å². The fourth-order valence-electron chi connectivity index (χ4n) is 2.37. The molecule has 1 fully saturated rings. The molecule has 1 saturated heterocycles. The van der Waals surface area contributed by atoms with Gasteiger partial charge in [-0.3, -0.25) is 9.69 Å². The molecular formula is C14H16N2O3S2. The Kier molecular flexibility index (Phi) is 4.64. The van der Waals surface area contributed by atoms with Crippen molar-refractivity contribution in [1.29, 1.82) is 0 Å². The second kappa shape index (κ2) is 6.65. The summed E-state index contributed by atoms with van der Waals surface area (Å²) >= 11 is 3.32. The summed E-state index contributed by atoms with van der Waals surface area (Å²) in [5.74, 6) is -0.810. The Balaban J connectivity index is 1.60. The van der Waals surface area contributed by atoms with E-state index < -0.39 is 5.97 Å². The first-order valence-electron chi connectivity index (χ1n) is 6.73. The van der Waals surface area contributed by atoms with Crippen LogP contribution in [0.25, 0.3) is 10.6 Å². The first-order valence-corrected chi connectivity index (χ1v) is 8.55. The van der Waals surface area contributed by atoms with Crippen molar-refractivity contribution in [2.24, 2.45) is 0 Å². The predicted molar refractivity (Wildman–Crippen MR) is 82.7 cm³/mol. The van der Waals surface area contributed by atoms with Gasteiger partial charge in [0.05, 0.1) is 24.8 Å². The molecule has 7 heteroatoms. The highest BCUT2D eigenvalue weighted by atomic mass is 32.1. The van der Waals surface area contributed by atoms with Gasteiger partial charge in [-0.15, -0.1) is 11.3 Å². The highest BCUT2D eigenvalue weighted by Crippen LogP contribution is 2.26. The molecule has 0 aliphatic carbocycles. The number of carboxylic acid groups (broad SMARTS) is 1. The van der Waals surface area contributed by atoms with Gasteiger partial charge in [0, 0.05) is 36.0 Å². The van der Waals surface area contributed by atoms with Gasteiger partial charge in [-0.2, -0.15) is 11.3 Å². The van der Waals surface area contributed by atoms with E-state index in [0.29, 0.717) is 13.2 Å². The fraction of sp³-hybridized carbons (Fsp3) is 0.429. The van der Waals surface area contributed by atoms with Crippen LogP contribution < -0.4 is 0 Å². The Bertz CT molecular complexity index is 597. The van der Waals surface area contributed by atoms with Crippen LogP contribution in [0, 0.1) is 0 Å². The van der Waals surface area contributed by atoms with Crippen LogP contribution in [-0.4, -0.2) is 46.8 Å². The lowest BCUT2D eigenvalue weighted by Gasteiger charge is -2.31. The molecule has 0 amide bonds. The third-order valence-corrected chi connectivity index (χ3v) is 4.95. The van der Waals surface area contributed by atoms with Crippen LogP contribution in [0.4, 0.5) is 0 Å². The number of aliphatic carboxylic acids is 1. The molecule has 21 heavy (non-hydrogen) atoms. The minimum absolute atomic E-state index is 0.0632. The van der Waals surface area contributed by atoms with Gasteiger partial charge in [0.1, 0.15) is 5.01 Å². The molecule has 112 valence electrons. The molecule has 0 bridgehead atoms. The largest absolute Gasteiger partial charge is 0.481 e. The lowest BCUT2D eigenvalue weighted by atomic mass is 10.2. The summed E-state index contributed by atoms with van der Waals surface area (Å²) in [6.45, 7) is 2.80. The van der Waals surface area contributed by atoms with E-state index in [1.807, 2.05) is 0 Å². The van der Waals surface area contributed by atoms with Crippen molar-refractivity contribution in [3.63, 3.8) is 0 Å². The molecule has 2 aromatic heterocycles. The smallest absolute Gasteiger partial charge is 0.306 e. The number of aromatic nitrogens is 1. The van der Waals surface area contributed by atoms with Crippen molar-refractivity contribution in [2.75, 3.05) is 19.7 Å². The molecule has 5 nitrogen and oxygen atoms in total. The molecule has 1 aliphatic heterocycles. The fourth-order valence-corrected chi connectivity index (χ4v) is 3.89. The number of hydrogen-bond donors (Lipinski definition) is 1. The monoisotopic (exact) mass is 324 g/mol. The molecule has 0 saturated carbocycles. The molecule has 2 aromatic rings. The highest BCUT2D eigenvalue weighted by Gasteiger charge is 2.23. The molecule has 1 N–H and O–H groups in total. The van der Waals surface area contributed by atoms with Crippen LogP contribution >= 0.6 is 22.7 Å². The van der Waals surface area contributed by atoms with Crippen molar-refractivity contribution in [2.45, 2.75) is 19.1 Å². The minimum Gasteiger partial charge on any atom is -0.481 e. The molecule has 1 aliphatic rings. The van der Waals surface area contributed by atoms with E-state index in [2.05, 4.69) is 32.1 Å². The van der Waals surface area contributed by atoms with Crippen molar-refractivity contribution in [3.8, 4) is 10.6 Å². The summed E-state index contributed by atoms with van der Waals surface area (Å²) in [6.07, 6.45) is -0.153. The second-order valence-electron chi connectivity index (χ2n) is 4.98. The zero-order valence-electron chi connectivity index (χ0n) is 11.4. The first kappa shape index (κ1) is 14.6. The van der Waals surface area contributed by atoms with E-state index in [1.54, 1.807) is 22.7 Å². The average Bonchev–Trinajstić information content (AvgIpc) is 3.08. The van der Waals surface area contributed by atoms with E-state index in [9.17, 15) is 4.79 Å². The van der Waals surface area contributed by atoms with Gasteiger partial charge < -0.3 is 9.84 Å². The number of carboxylic acids is 1. The summed E-state index contributed by atoms with van der Waals surface area (Å²) in [6, 6.07) is 2.07.